The molecule has 7 amide bonds. The van der Waals surface area contributed by atoms with E-state index in [0.717, 1.165) is 18.2 Å². The van der Waals surface area contributed by atoms with Crippen LogP contribution in [0, 0.1) is 23.4 Å². The van der Waals surface area contributed by atoms with Crippen LogP contribution in [0.3, 0.4) is 0 Å². The summed E-state index contributed by atoms with van der Waals surface area (Å²) in [5, 5.41) is 9.89. The van der Waals surface area contributed by atoms with E-state index >= 15 is 0 Å². The molecule has 4 N–H and O–H groups in total. The van der Waals surface area contributed by atoms with Gasteiger partial charge in [-0.3, -0.25) is 24.0 Å². The molecule has 1 unspecified atom stereocenters. The number of esters is 1. The first-order valence-electron chi connectivity index (χ1n) is 19.3. The number of fused-ring (bicyclic) bond motifs is 3. The van der Waals surface area contributed by atoms with E-state index in [0.29, 0.717) is 31.7 Å². The molecule has 0 saturated carbocycles. The van der Waals surface area contributed by atoms with E-state index in [1.807, 2.05) is 6.92 Å². The molecule has 2 aromatic carbocycles. The maximum atomic E-state index is 14.6. The molecule has 4 saturated heterocycles. The zero-order chi connectivity index (χ0) is 41.8. The van der Waals surface area contributed by atoms with E-state index in [4.69, 9.17) is 16.3 Å². The van der Waals surface area contributed by atoms with E-state index < -0.39 is 108 Å². The lowest BCUT2D eigenvalue weighted by Gasteiger charge is -2.39. The van der Waals surface area contributed by atoms with Crippen molar-refractivity contribution >= 4 is 58.8 Å². The zero-order valence-electron chi connectivity index (χ0n) is 31.9. The second-order valence-corrected chi connectivity index (χ2v) is 15.7. The first kappa shape index (κ1) is 42.2. The van der Waals surface area contributed by atoms with Crippen LogP contribution in [0.5, 0.6) is 0 Å². The maximum absolute atomic E-state index is 14.6. The van der Waals surface area contributed by atoms with Gasteiger partial charge >= 0.3 is 12.0 Å². The molecule has 0 radical (unpaired) electrons. The van der Waals surface area contributed by atoms with Gasteiger partial charge < -0.3 is 40.7 Å². The highest BCUT2D eigenvalue weighted by Gasteiger charge is 2.46. The van der Waals surface area contributed by atoms with Gasteiger partial charge in [-0.2, -0.15) is 0 Å². The van der Waals surface area contributed by atoms with E-state index in [-0.39, 0.29) is 54.7 Å². The molecule has 2 aromatic rings. The molecule has 15 nitrogen and oxygen atoms in total. The lowest BCUT2D eigenvalue weighted by Crippen LogP contribution is -2.62. The van der Waals surface area contributed by atoms with Crippen LogP contribution in [-0.4, -0.2) is 119 Å². The molecular weight excluding hydrogens is 787 g/mol. The third-order valence-electron chi connectivity index (χ3n) is 10.9. The molecule has 0 aromatic heterocycles. The summed E-state index contributed by atoms with van der Waals surface area (Å²) in [6.07, 6.45) is 1.91. The fraction of sp³-hybridized carbons (Fsp3) is 0.513. The van der Waals surface area contributed by atoms with Gasteiger partial charge in [0.05, 0.1) is 5.69 Å². The third kappa shape index (κ3) is 9.65. The van der Waals surface area contributed by atoms with Crippen LogP contribution in [0.15, 0.2) is 36.4 Å². The molecule has 312 valence electrons. The predicted molar refractivity (Wildman–Crippen MR) is 201 cm³/mol. The summed E-state index contributed by atoms with van der Waals surface area (Å²) in [6.45, 7) is 3.07. The Morgan fingerprint density at radius 2 is 1.55 bits per heavy atom. The number of ether oxygens (including phenoxy) is 1. The van der Waals surface area contributed by atoms with Gasteiger partial charge in [-0.1, -0.05) is 18.5 Å². The maximum Gasteiger partial charge on any atom is 0.328 e. The van der Waals surface area contributed by atoms with Crippen molar-refractivity contribution in [3.05, 3.63) is 64.4 Å². The van der Waals surface area contributed by atoms with Gasteiger partial charge in [-0.05, 0) is 87.3 Å². The highest BCUT2D eigenvalue weighted by Crippen LogP contribution is 2.28. The Morgan fingerprint density at radius 3 is 2.28 bits per heavy atom. The van der Waals surface area contributed by atoms with Gasteiger partial charge in [0.15, 0.2) is 0 Å². The summed E-state index contributed by atoms with van der Waals surface area (Å²) in [5.74, 6) is -7.29. The van der Waals surface area contributed by atoms with Gasteiger partial charge in [0, 0.05) is 37.1 Å². The zero-order valence-corrected chi connectivity index (χ0v) is 32.7. The van der Waals surface area contributed by atoms with Crippen LogP contribution in [0.25, 0.3) is 0 Å². The molecule has 7 atom stereocenters. The number of anilines is 1. The molecule has 4 aliphatic rings. The molecule has 0 bridgehead atoms. The van der Waals surface area contributed by atoms with E-state index in [9.17, 15) is 46.7 Å². The predicted octanol–water partition coefficient (Wildman–Crippen LogP) is 2.65. The number of benzene rings is 2. The van der Waals surface area contributed by atoms with Gasteiger partial charge in [-0.25, -0.2) is 22.8 Å². The lowest BCUT2D eigenvalue weighted by atomic mass is 9.99. The highest BCUT2D eigenvalue weighted by molar-refractivity contribution is 6.30. The van der Waals surface area contributed by atoms with Gasteiger partial charge in [0.1, 0.15) is 60.3 Å². The smallest absolute Gasteiger partial charge is 0.328 e. The van der Waals surface area contributed by atoms with Crippen LogP contribution < -0.4 is 21.3 Å². The second kappa shape index (κ2) is 18.0. The Morgan fingerprint density at radius 1 is 0.862 bits per heavy atom. The number of nitrogens with one attached hydrogen (secondary N) is 4. The summed E-state index contributed by atoms with van der Waals surface area (Å²) in [6, 6.07) is -2.59. The van der Waals surface area contributed by atoms with Crippen molar-refractivity contribution in [3.63, 3.8) is 0 Å². The normalized spacial score (nSPS) is 26.2. The third-order valence-corrected chi connectivity index (χ3v) is 11.1. The Kier molecular flexibility index (Phi) is 13.1. The average molecular weight is 832 g/mol. The molecule has 0 aliphatic carbocycles. The SMILES string of the molecule is C[C@@H]1C[C@H]2C(=O)OCC(NC(=O)[C@H](Cc3cc(F)cc(F)c3)NC(=O)Nc3ccc(Cl)cc3F)C(=O)N3CCC[C@H]3C(=O)N3CCCC[C@H]3C(=O)N[C@@H](C)C(=O)N2C1. The summed E-state index contributed by atoms with van der Waals surface area (Å²) in [5.41, 5.74) is -0.371. The Bertz CT molecular complexity index is 1950. The summed E-state index contributed by atoms with van der Waals surface area (Å²) >= 11 is 5.82. The fourth-order valence-corrected chi connectivity index (χ4v) is 8.23. The number of halogens is 4. The second-order valence-electron chi connectivity index (χ2n) is 15.3. The van der Waals surface area contributed by atoms with Crippen molar-refractivity contribution in [1.82, 2.24) is 30.7 Å². The molecule has 6 rings (SSSR count). The monoisotopic (exact) mass is 831 g/mol. The van der Waals surface area contributed by atoms with Crippen molar-refractivity contribution in [3.8, 4) is 0 Å². The number of carbonyl (C=O) groups is 7. The van der Waals surface area contributed by atoms with E-state index in [1.54, 1.807) is 0 Å². The minimum Gasteiger partial charge on any atom is -0.461 e. The summed E-state index contributed by atoms with van der Waals surface area (Å²) in [4.78, 5) is 101. The van der Waals surface area contributed by atoms with Crippen molar-refractivity contribution in [2.45, 2.75) is 95.0 Å². The largest absolute Gasteiger partial charge is 0.461 e. The molecule has 4 heterocycles. The average Bonchev–Trinajstić information content (AvgIpc) is 3.83. The van der Waals surface area contributed by atoms with Crippen LogP contribution in [0.1, 0.15) is 57.9 Å². The Balaban J connectivity index is 1.32. The number of nitrogens with zero attached hydrogens (tertiary/aromatic N) is 3. The molecule has 4 aliphatic heterocycles. The van der Waals surface area contributed by atoms with E-state index in [2.05, 4.69) is 21.3 Å². The van der Waals surface area contributed by atoms with Gasteiger partial charge in [0.2, 0.25) is 29.5 Å². The van der Waals surface area contributed by atoms with Gasteiger partial charge in [-0.15, -0.1) is 0 Å². The molecular formula is C39H45ClF3N7O8. The Hall–Kier alpha value is -5.39. The fourth-order valence-electron chi connectivity index (χ4n) is 8.07. The number of rotatable bonds is 6. The van der Waals surface area contributed by atoms with E-state index in [1.165, 1.54) is 33.8 Å². The molecule has 4 fully saturated rings. The van der Waals surface area contributed by atoms with Crippen molar-refractivity contribution in [2.75, 3.05) is 31.6 Å². The minimum atomic E-state index is -1.66. The number of cyclic esters (lactones) is 1. The van der Waals surface area contributed by atoms with Crippen LogP contribution >= 0.6 is 11.6 Å². The highest BCUT2D eigenvalue weighted by atomic mass is 35.5. The number of hydrogen-bond acceptors (Lipinski definition) is 8. The minimum absolute atomic E-state index is 0.0490. The quantitative estimate of drug-likeness (QED) is 0.320. The van der Waals surface area contributed by atoms with Crippen LogP contribution in [0.4, 0.5) is 23.7 Å². The standard InChI is InChI=1S/C39H45ClF3N7O8/c1-20-12-32-38(56)58-19-29(45-33(51)28(15-22-13-24(41)17-25(42)14-22)47-39(57)46-27-9-8-23(40)16-26(27)43)36(54)49-11-5-7-31(49)37(55)48-10-4-3-6-30(48)34(52)44-21(2)35(53)50(32)18-20/h8-9,13-14,16-17,20-21,28-32H,3-7,10-12,15,18-19H2,1-2H3,(H,44,52)(H,45,51)(H2,46,47,57)/t20-,21+,28+,29?,30+,31+,32+/m1/s1. The Labute approximate surface area is 337 Å². The topological polar surface area (TPSA) is 187 Å². The number of amides is 7. The molecule has 0 spiro atoms. The summed E-state index contributed by atoms with van der Waals surface area (Å²) < 4.78 is 48.7. The molecule has 58 heavy (non-hydrogen) atoms. The number of piperidine rings is 1. The number of hydrogen-bond donors (Lipinski definition) is 4. The number of urea groups is 1. The van der Waals surface area contributed by atoms with Crippen molar-refractivity contribution in [1.29, 1.82) is 0 Å². The first-order chi connectivity index (χ1) is 27.6. The van der Waals surface area contributed by atoms with Crippen LogP contribution in [-0.2, 0) is 39.9 Å². The van der Waals surface area contributed by atoms with Gasteiger partial charge in [0.25, 0.3) is 0 Å². The molecule has 19 heteroatoms. The summed E-state index contributed by atoms with van der Waals surface area (Å²) in [7, 11) is 0. The lowest BCUT2D eigenvalue weighted by molar-refractivity contribution is -0.158. The first-order valence-corrected chi connectivity index (χ1v) is 19.6. The van der Waals surface area contributed by atoms with Crippen molar-refractivity contribution in [2.24, 2.45) is 5.92 Å². The van der Waals surface area contributed by atoms with Crippen LogP contribution in [0.2, 0.25) is 5.02 Å². The van der Waals surface area contributed by atoms with Crippen molar-refractivity contribution < 1.29 is 51.5 Å². The number of carbonyl (C=O) groups excluding carboxylic acids is 7.